The summed E-state index contributed by atoms with van der Waals surface area (Å²) < 4.78 is 41.2. The van der Waals surface area contributed by atoms with E-state index in [1.54, 1.807) is 41.3 Å². The van der Waals surface area contributed by atoms with Crippen LogP contribution in [0.2, 0.25) is 0 Å². The lowest BCUT2D eigenvalue weighted by Gasteiger charge is -2.29. The van der Waals surface area contributed by atoms with Crippen LogP contribution in [0.15, 0.2) is 47.4 Å². The number of amides is 1. The molecular formula is C24H29N3O6S2. The third-order valence-corrected chi connectivity index (χ3v) is 7.70. The summed E-state index contributed by atoms with van der Waals surface area (Å²) in [6, 6.07) is 11.9. The van der Waals surface area contributed by atoms with E-state index in [-0.39, 0.29) is 17.4 Å². The number of morpholine rings is 1. The Labute approximate surface area is 209 Å². The Morgan fingerprint density at radius 3 is 2.46 bits per heavy atom. The van der Waals surface area contributed by atoms with E-state index in [0.29, 0.717) is 54.0 Å². The van der Waals surface area contributed by atoms with Crippen LogP contribution in [-0.2, 0) is 19.4 Å². The number of ether oxygens (including phenoxy) is 3. The molecule has 0 N–H and O–H groups in total. The van der Waals surface area contributed by atoms with Gasteiger partial charge in [-0.1, -0.05) is 11.3 Å². The van der Waals surface area contributed by atoms with E-state index in [9.17, 15) is 13.2 Å². The number of rotatable bonds is 10. The number of hydrogen-bond donors (Lipinski definition) is 0. The average molecular weight is 520 g/mol. The molecule has 0 saturated carbocycles. The first kappa shape index (κ1) is 25.4. The zero-order valence-electron chi connectivity index (χ0n) is 19.8. The molecule has 4 rings (SSSR count). The summed E-state index contributed by atoms with van der Waals surface area (Å²) >= 11 is 1.29. The molecule has 0 atom stereocenters. The summed E-state index contributed by atoms with van der Waals surface area (Å²) in [5.41, 5.74) is 0.647. The Morgan fingerprint density at radius 1 is 1.11 bits per heavy atom. The van der Waals surface area contributed by atoms with Gasteiger partial charge in [0.2, 0.25) is 0 Å². The molecule has 188 valence electrons. The van der Waals surface area contributed by atoms with Gasteiger partial charge in [0, 0.05) is 32.4 Å². The number of fused-ring (bicyclic) bond motifs is 1. The van der Waals surface area contributed by atoms with Crippen LogP contribution in [0.3, 0.4) is 0 Å². The van der Waals surface area contributed by atoms with Gasteiger partial charge in [0.25, 0.3) is 5.91 Å². The number of anilines is 1. The Kier molecular flexibility index (Phi) is 8.22. The Balaban J connectivity index is 1.52. The smallest absolute Gasteiger partial charge is 0.266 e. The zero-order chi connectivity index (χ0) is 24.8. The Bertz CT molecular complexity index is 1250. The second-order valence-corrected chi connectivity index (χ2v) is 11.1. The molecule has 1 saturated heterocycles. The molecule has 0 aliphatic carbocycles. The molecular weight excluding hydrogens is 490 g/mol. The summed E-state index contributed by atoms with van der Waals surface area (Å²) in [6.45, 7) is 6.40. The number of carbonyl (C=O) groups is 1. The highest BCUT2D eigenvalue weighted by molar-refractivity contribution is 7.90. The summed E-state index contributed by atoms with van der Waals surface area (Å²) in [4.78, 5) is 22.0. The standard InChI is InChI=1S/C24H29N3O6S2/c1-3-32-18-4-6-19(7-5-18)33-17-23(28)27(11-10-26-12-14-31-15-13-26)24-25-21-9-8-20(35(2,29)30)16-22(21)34-24/h4-9,16H,3,10-15,17H2,1-2H3. The summed E-state index contributed by atoms with van der Waals surface area (Å²) in [5, 5.41) is 0.513. The van der Waals surface area contributed by atoms with Crippen molar-refractivity contribution in [3.05, 3.63) is 42.5 Å². The molecule has 0 spiro atoms. The summed E-state index contributed by atoms with van der Waals surface area (Å²) in [7, 11) is -3.34. The summed E-state index contributed by atoms with van der Waals surface area (Å²) in [5.74, 6) is 1.08. The maximum atomic E-state index is 13.3. The lowest BCUT2D eigenvalue weighted by Crippen LogP contribution is -2.44. The van der Waals surface area contributed by atoms with E-state index < -0.39 is 9.84 Å². The van der Waals surface area contributed by atoms with Gasteiger partial charge in [-0.05, 0) is 49.4 Å². The van der Waals surface area contributed by atoms with Crippen molar-refractivity contribution in [3.63, 3.8) is 0 Å². The molecule has 2 aromatic carbocycles. The highest BCUT2D eigenvalue weighted by Crippen LogP contribution is 2.31. The van der Waals surface area contributed by atoms with Crippen molar-refractivity contribution in [2.24, 2.45) is 0 Å². The molecule has 1 fully saturated rings. The van der Waals surface area contributed by atoms with Crippen LogP contribution in [0.25, 0.3) is 10.2 Å². The van der Waals surface area contributed by atoms with Crippen LogP contribution >= 0.6 is 11.3 Å². The van der Waals surface area contributed by atoms with Crippen molar-refractivity contribution >= 4 is 42.4 Å². The summed E-state index contributed by atoms with van der Waals surface area (Å²) in [6.07, 6.45) is 1.17. The second kappa shape index (κ2) is 11.3. The minimum absolute atomic E-state index is 0.151. The quantitative estimate of drug-likeness (QED) is 0.403. The molecule has 35 heavy (non-hydrogen) atoms. The Morgan fingerprint density at radius 2 is 1.80 bits per heavy atom. The fraction of sp³-hybridized carbons (Fsp3) is 0.417. The minimum Gasteiger partial charge on any atom is -0.494 e. The predicted octanol–water partition coefficient (Wildman–Crippen LogP) is 2.84. The van der Waals surface area contributed by atoms with E-state index in [1.165, 1.54) is 23.7 Å². The number of benzene rings is 2. The lowest BCUT2D eigenvalue weighted by atomic mass is 10.3. The van der Waals surface area contributed by atoms with Crippen LogP contribution in [0, 0.1) is 0 Å². The highest BCUT2D eigenvalue weighted by atomic mass is 32.2. The molecule has 0 unspecified atom stereocenters. The SMILES string of the molecule is CCOc1ccc(OCC(=O)N(CCN2CCOCC2)c2nc3ccc(S(C)(=O)=O)cc3s2)cc1. The van der Waals surface area contributed by atoms with E-state index in [0.717, 1.165) is 18.8 Å². The fourth-order valence-corrected chi connectivity index (χ4v) is 5.42. The largest absolute Gasteiger partial charge is 0.494 e. The van der Waals surface area contributed by atoms with Crippen molar-refractivity contribution in [1.82, 2.24) is 9.88 Å². The third-order valence-electron chi connectivity index (χ3n) is 5.55. The highest BCUT2D eigenvalue weighted by Gasteiger charge is 2.23. The number of aromatic nitrogens is 1. The van der Waals surface area contributed by atoms with E-state index in [4.69, 9.17) is 14.2 Å². The average Bonchev–Trinajstić information content (AvgIpc) is 3.27. The first-order chi connectivity index (χ1) is 16.8. The molecule has 0 bridgehead atoms. The van der Waals surface area contributed by atoms with Crippen LogP contribution in [0.5, 0.6) is 11.5 Å². The molecule has 1 amide bonds. The van der Waals surface area contributed by atoms with Crippen molar-refractivity contribution in [3.8, 4) is 11.5 Å². The molecule has 1 aromatic heterocycles. The van der Waals surface area contributed by atoms with E-state index in [2.05, 4.69) is 9.88 Å². The molecule has 3 aromatic rings. The monoisotopic (exact) mass is 519 g/mol. The van der Waals surface area contributed by atoms with Gasteiger partial charge in [-0.15, -0.1) is 0 Å². The third kappa shape index (κ3) is 6.69. The molecule has 11 heteroatoms. The van der Waals surface area contributed by atoms with Crippen molar-refractivity contribution in [2.45, 2.75) is 11.8 Å². The van der Waals surface area contributed by atoms with Gasteiger partial charge in [-0.3, -0.25) is 14.6 Å². The number of hydrogen-bond acceptors (Lipinski definition) is 9. The predicted molar refractivity (Wildman–Crippen MR) is 135 cm³/mol. The molecule has 9 nitrogen and oxygen atoms in total. The molecule has 2 heterocycles. The van der Waals surface area contributed by atoms with E-state index in [1.807, 2.05) is 6.92 Å². The fourth-order valence-electron chi connectivity index (χ4n) is 3.65. The van der Waals surface area contributed by atoms with E-state index >= 15 is 0 Å². The van der Waals surface area contributed by atoms with Crippen molar-refractivity contribution in [2.75, 3.05) is 63.8 Å². The van der Waals surface area contributed by atoms with Crippen molar-refractivity contribution in [1.29, 1.82) is 0 Å². The zero-order valence-corrected chi connectivity index (χ0v) is 21.4. The van der Waals surface area contributed by atoms with Gasteiger partial charge >= 0.3 is 0 Å². The van der Waals surface area contributed by atoms with Crippen LogP contribution in [0.4, 0.5) is 5.13 Å². The normalized spacial score (nSPS) is 14.7. The van der Waals surface area contributed by atoms with Gasteiger partial charge in [0.15, 0.2) is 21.6 Å². The second-order valence-electron chi connectivity index (χ2n) is 8.09. The molecule has 1 aliphatic rings. The van der Waals surface area contributed by atoms with Gasteiger partial charge in [0.1, 0.15) is 11.5 Å². The molecule has 1 aliphatic heterocycles. The number of nitrogens with zero attached hydrogens (tertiary/aromatic N) is 3. The van der Waals surface area contributed by atoms with Crippen LogP contribution in [0.1, 0.15) is 6.92 Å². The van der Waals surface area contributed by atoms with Crippen molar-refractivity contribution < 1.29 is 27.4 Å². The number of carbonyl (C=O) groups excluding carboxylic acids is 1. The maximum Gasteiger partial charge on any atom is 0.266 e. The topological polar surface area (TPSA) is 98.3 Å². The van der Waals surface area contributed by atoms with Gasteiger partial charge in [-0.2, -0.15) is 0 Å². The Hall–Kier alpha value is -2.73. The number of thiazole rings is 1. The van der Waals surface area contributed by atoms with Crippen LogP contribution in [-0.4, -0.2) is 83.1 Å². The maximum absolute atomic E-state index is 13.3. The first-order valence-electron chi connectivity index (χ1n) is 11.4. The number of sulfone groups is 1. The van der Waals surface area contributed by atoms with Gasteiger partial charge in [-0.25, -0.2) is 13.4 Å². The lowest BCUT2D eigenvalue weighted by molar-refractivity contribution is -0.120. The minimum atomic E-state index is -3.34. The van der Waals surface area contributed by atoms with Gasteiger partial charge in [0.05, 0.1) is 34.9 Å². The van der Waals surface area contributed by atoms with Gasteiger partial charge < -0.3 is 14.2 Å². The van der Waals surface area contributed by atoms with Crippen LogP contribution < -0.4 is 14.4 Å². The molecule has 0 radical (unpaired) electrons. The first-order valence-corrected chi connectivity index (χ1v) is 14.1.